The second kappa shape index (κ2) is 8.02. The van der Waals surface area contributed by atoms with Gasteiger partial charge in [-0.2, -0.15) is 0 Å². The summed E-state index contributed by atoms with van der Waals surface area (Å²) in [5.41, 5.74) is 1.64. The number of benzene rings is 3. The van der Waals surface area contributed by atoms with Crippen molar-refractivity contribution in [2.75, 3.05) is 23.8 Å². The van der Waals surface area contributed by atoms with Crippen molar-refractivity contribution in [2.45, 2.75) is 0 Å². The SMILES string of the molecule is C=CCOc1cccc(NC(=O)CNc2cccc3ccccc23)c1. The Morgan fingerprint density at radius 3 is 2.72 bits per heavy atom. The molecule has 0 heterocycles. The molecule has 3 aromatic rings. The minimum absolute atomic E-state index is 0.117. The fourth-order valence-corrected chi connectivity index (χ4v) is 2.58. The molecule has 0 bridgehead atoms. The molecule has 2 N–H and O–H groups in total. The number of amides is 1. The monoisotopic (exact) mass is 332 g/mol. The van der Waals surface area contributed by atoms with Gasteiger partial charge in [0.2, 0.25) is 5.91 Å². The summed E-state index contributed by atoms with van der Waals surface area (Å²) in [6.07, 6.45) is 1.68. The summed E-state index contributed by atoms with van der Waals surface area (Å²) in [6, 6.07) is 21.4. The van der Waals surface area contributed by atoms with Gasteiger partial charge in [-0.1, -0.05) is 55.1 Å². The van der Waals surface area contributed by atoms with Gasteiger partial charge in [-0.05, 0) is 23.6 Å². The first-order valence-electron chi connectivity index (χ1n) is 8.11. The molecule has 1 amide bonds. The second-order valence-electron chi connectivity index (χ2n) is 5.56. The van der Waals surface area contributed by atoms with E-state index in [2.05, 4.69) is 29.3 Å². The molecular weight excluding hydrogens is 312 g/mol. The number of hydrogen-bond acceptors (Lipinski definition) is 3. The molecule has 0 spiro atoms. The topological polar surface area (TPSA) is 50.4 Å². The van der Waals surface area contributed by atoms with E-state index in [9.17, 15) is 4.79 Å². The van der Waals surface area contributed by atoms with Crippen molar-refractivity contribution < 1.29 is 9.53 Å². The number of ether oxygens (including phenoxy) is 1. The van der Waals surface area contributed by atoms with Crippen LogP contribution in [0.3, 0.4) is 0 Å². The van der Waals surface area contributed by atoms with Crippen molar-refractivity contribution in [1.82, 2.24) is 0 Å². The summed E-state index contributed by atoms with van der Waals surface area (Å²) in [7, 11) is 0. The second-order valence-corrected chi connectivity index (χ2v) is 5.56. The van der Waals surface area contributed by atoms with Crippen LogP contribution in [0.1, 0.15) is 0 Å². The van der Waals surface area contributed by atoms with Crippen LogP contribution in [0.15, 0.2) is 79.4 Å². The maximum atomic E-state index is 12.2. The first-order chi connectivity index (χ1) is 12.3. The van der Waals surface area contributed by atoms with Crippen LogP contribution < -0.4 is 15.4 Å². The van der Waals surface area contributed by atoms with E-state index in [-0.39, 0.29) is 12.5 Å². The number of carbonyl (C=O) groups excluding carboxylic acids is 1. The van der Waals surface area contributed by atoms with Gasteiger partial charge in [0.15, 0.2) is 0 Å². The molecular formula is C21H20N2O2. The van der Waals surface area contributed by atoms with Gasteiger partial charge in [0.1, 0.15) is 12.4 Å². The lowest BCUT2D eigenvalue weighted by Gasteiger charge is -2.11. The standard InChI is InChI=1S/C21H20N2O2/c1-2-13-25-18-10-6-9-17(14-18)23-21(24)15-22-20-12-5-8-16-7-3-4-11-19(16)20/h2-12,14,22H,1,13,15H2,(H,23,24). The normalized spacial score (nSPS) is 10.2. The van der Waals surface area contributed by atoms with Gasteiger partial charge < -0.3 is 15.4 Å². The van der Waals surface area contributed by atoms with Crippen LogP contribution in [0, 0.1) is 0 Å². The van der Waals surface area contributed by atoms with Crippen LogP contribution in [0.25, 0.3) is 10.8 Å². The first kappa shape index (κ1) is 16.6. The summed E-state index contributed by atoms with van der Waals surface area (Å²) in [6.45, 7) is 4.24. The summed E-state index contributed by atoms with van der Waals surface area (Å²) < 4.78 is 5.47. The van der Waals surface area contributed by atoms with Gasteiger partial charge in [0.25, 0.3) is 0 Å². The lowest BCUT2D eigenvalue weighted by molar-refractivity contribution is -0.114. The third kappa shape index (κ3) is 4.38. The van der Waals surface area contributed by atoms with Crippen molar-refractivity contribution in [1.29, 1.82) is 0 Å². The van der Waals surface area contributed by atoms with Crippen LogP contribution in [-0.4, -0.2) is 19.1 Å². The van der Waals surface area contributed by atoms with E-state index in [0.717, 1.165) is 16.5 Å². The molecule has 3 aromatic carbocycles. The van der Waals surface area contributed by atoms with Crippen LogP contribution in [0.4, 0.5) is 11.4 Å². The smallest absolute Gasteiger partial charge is 0.243 e. The molecule has 0 aliphatic heterocycles. The lowest BCUT2D eigenvalue weighted by atomic mass is 10.1. The summed E-state index contributed by atoms with van der Waals surface area (Å²) in [5, 5.41) is 8.30. The van der Waals surface area contributed by atoms with Crippen LogP contribution in [0.5, 0.6) is 5.75 Å². The highest BCUT2D eigenvalue weighted by atomic mass is 16.5. The van der Waals surface area contributed by atoms with Crippen molar-refractivity contribution in [3.05, 3.63) is 79.4 Å². The van der Waals surface area contributed by atoms with Crippen LogP contribution >= 0.6 is 0 Å². The zero-order valence-electron chi connectivity index (χ0n) is 13.9. The predicted octanol–water partition coefficient (Wildman–Crippen LogP) is 4.46. The van der Waals surface area contributed by atoms with Gasteiger partial charge >= 0.3 is 0 Å². The Labute approximate surface area is 147 Å². The number of nitrogens with one attached hydrogen (secondary N) is 2. The van der Waals surface area contributed by atoms with E-state index in [4.69, 9.17) is 4.74 Å². The molecule has 4 nitrogen and oxygen atoms in total. The van der Waals surface area contributed by atoms with Gasteiger partial charge in [0.05, 0.1) is 6.54 Å². The minimum Gasteiger partial charge on any atom is -0.489 e. The molecule has 0 aliphatic carbocycles. The summed E-state index contributed by atoms with van der Waals surface area (Å²) in [4.78, 5) is 12.2. The van der Waals surface area contributed by atoms with Crippen molar-refractivity contribution in [2.24, 2.45) is 0 Å². The minimum atomic E-state index is -0.117. The Hall–Kier alpha value is -3.27. The molecule has 126 valence electrons. The van der Waals surface area contributed by atoms with Crippen molar-refractivity contribution >= 4 is 28.1 Å². The molecule has 0 saturated carbocycles. The Morgan fingerprint density at radius 2 is 1.84 bits per heavy atom. The molecule has 0 fully saturated rings. The van der Waals surface area contributed by atoms with E-state index < -0.39 is 0 Å². The van der Waals surface area contributed by atoms with E-state index in [1.165, 1.54) is 0 Å². The summed E-state index contributed by atoms with van der Waals surface area (Å²) >= 11 is 0. The molecule has 0 saturated heterocycles. The Morgan fingerprint density at radius 1 is 1.04 bits per heavy atom. The molecule has 0 atom stereocenters. The van der Waals surface area contributed by atoms with E-state index in [0.29, 0.717) is 18.0 Å². The molecule has 4 heteroatoms. The van der Waals surface area contributed by atoms with Gasteiger partial charge in [-0.15, -0.1) is 0 Å². The predicted molar refractivity (Wildman–Crippen MR) is 103 cm³/mol. The van der Waals surface area contributed by atoms with Crippen molar-refractivity contribution in [3.63, 3.8) is 0 Å². The number of hydrogen-bond donors (Lipinski definition) is 2. The fourth-order valence-electron chi connectivity index (χ4n) is 2.58. The maximum Gasteiger partial charge on any atom is 0.243 e. The average Bonchev–Trinajstić information content (AvgIpc) is 2.65. The molecule has 3 rings (SSSR count). The molecule has 0 aliphatic rings. The highest BCUT2D eigenvalue weighted by molar-refractivity contribution is 5.98. The number of carbonyl (C=O) groups is 1. The zero-order valence-corrected chi connectivity index (χ0v) is 13.9. The van der Waals surface area contributed by atoms with Gasteiger partial charge in [-0.25, -0.2) is 0 Å². The van der Waals surface area contributed by atoms with Crippen LogP contribution in [0.2, 0.25) is 0 Å². The zero-order chi connectivity index (χ0) is 17.5. The number of rotatable bonds is 7. The first-order valence-corrected chi connectivity index (χ1v) is 8.11. The Balaban J connectivity index is 1.62. The molecule has 0 aromatic heterocycles. The van der Waals surface area contributed by atoms with E-state index in [1.54, 1.807) is 12.1 Å². The highest BCUT2D eigenvalue weighted by Crippen LogP contribution is 2.23. The largest absolute Gasteiger partial charge is 0.489 e. The third-order valence-electron chi connectivity index (χ3n) is 3.71. The lowest BCUT2D eigenvalue weighted by Crippen LogP contribution is -2.21. The molecule has 0 radical (unpaired) electrons. The molecule has 25 heavy (non-hydrogen) atoms. The quantitative estimate of drug-likeness (QED) is 0.628. The fraction of sp³-hybridized carbons (Fsp3) is 0.0952. The van der Waals surface area contributed by atoms with E-state index in [1.807, 2.05) is 48.5 Å². The number of anilines is 2. The average molecular weight is 332 g/mol. The Bertz CT molecular complexity index is 884. The van der Waals surface area contributed by atoms with Gasteiger partial charge in [-0.3, -0.25) is 4.79 Å². The number of fused-ring (bicyclic) bond motifs is 1. The van der Waals surface area contributed by atoms with Crippen molar-refractivity contribution in [3.8, 4) is 5.75 Å². The van der Waals surface area contributed by atoms with Gasteiger partial charge in [0, 0.05) is 22.8 Å². The Kier molecular flexibility index (Phi) is 5.32. The highest BCUT2D eigenvalue weighted by Gasteiger charge is 2.05. The van der Waals surface area contributed by atoms with Crippen LogP contribution in [-0.2, 0) is 4.79 Å². The maximum absolute atomic E-state index is 12.2. The third-order valence-corrected chi connectivity index (χ3v) is 3.71. The summed E-state index contributed by atoms with van der Waals surface area (Å²) in [5.74, 6) is 0.577. The molecule has 0 unspecified atom stereocenters. The van der Waals surface area contributed by atoms with E-state index >= 15 is 0 Å².